The smallest absolute Gasteiger partial charge is 0.0120 e. The molecule has 1 aliphatic rings. The normalized spacial score (nSPS) is 27.6. The lowest BCUT2D eigenvalue weighted by Gasteiger charge is -2.26. The summed E-state index contributed by atoms with van der Waals surface area (Å²) >= 11 is 0. The van der Waals surface area contributed by atoms with E-state index in [-0.39, 0.29) is 0 Å². The molecule has 0 spiro atoms. The highest BCUT2D eigenvalue weighted by atomic mass is 14.5. The standard InChI is InChI=1S/C7H13N/c1-2-3-6-4-5-7(6)8/h6,8H,2-5H2,1H3. The highest BCUT2D eigenvalue weighted by Gasteiger charge is 2.22. The molecule has 1 N–H and O–H groups in total. The van der Waals surface area contributed by atoms with Crippen LogP contribution in [0.4, 0.5) is 0 Å². The molecule has 1 unspecified atom stereocenters. The largest absolute Gasteiger partial charge is 0.309 e. The van der Waals surface area contributed by atoms with Crippen LogP contribution in [0, 0.1) is 11.3 Å². The van der Waals surface area contributed by atoms with Crippen molar-refractivity contribution in [2.75, 3.05) is 0 Å². The third kappa shape index (κ3) is 0.908. The maximum absolute atomic E-state index is 7.29. The Hall–Kier alpha value is -0.330. The van der Waals surface area contributed by atoms with E-state index < -0.39 is 0 Å². The summed E-state index contributed by atoms with van der Waals surface area (Å²) in [5, 5.41) is 7.29. The van der Waals surface area contributed by atoms with E-state index in [9.17, 15) is 0 Å². The van der Waals surface area contributed by atoms with Gasteiger partial charge in [-0.05, 0) is 25.2 Å². The molecule has 0 heterocycles. The van der Waals surface area contributed by atoms with Crippen LogP contribution >= 0.6 is 0 Å². The van der Waals surface area contributed by atoms with Crippen LogP contribution in [0.15, 0.2) is 0 Å². The molecule has 0 aromatic carbocycles. The molecule has 1 saturated carbocycles. The summed E-state index contributed by atoms with van der Waals surface area (Å²) in [6, 6.07) is 0. The van der Waals surface area contributed by atoms with Gasteiger partial charge in [0.15, 0.2) is 0 Å². The van der Waals surface area contributed by atoms with Crippen LogP contribution in [0.1, 0.15) is 32.6 Å². The maximum Gasteiger partial charge on any atom is 0.0120 e. The van der Waals surface area contributed by atoms with Gasteiger partial charge in [-0.25, -0.2) is 0 Å². The lowest BCUT2D eigenvalue weighted by atomic mass is 9.80. The molecule has 1 rings (SSSR count). The Morgan fingerprint density at radius 2 is 2.50 bits per heavy atom. The van der Waals surface area contributed by atoms with Crippen molar-refractivity contribution >= 4 is 5.71 Å². The first kappa shape index (κ1) is 5.80. The summed E-state index contributed by atoms with van der Waals surface area (Å²) in [5.41, 5.74) is 0.992. The van der Waals surface area contributed by atoms with E-state index in [1.54, 1.807) is 0 Å². The van der Waals surface area contributed by atoms with E-state index in [1.165, 1.54) is 19.3 Å². The average Bonchev–Trinajstić information content (AvgIpc) is 1.79. The monoisotopic (exact) mass is 111 g/mol. The summed E-state index contributed by atoms with van der Waals surface area (Å²) in [5.74, 6) is 0.681. The molecule has 1 atom stereocenters. The molecule has 1 aliphatic carbocycles. The fraction of sp³-hybridized carbons (Fsp3) is 0.857. The van der Waals surface area contributed by atoms with Crippen molar-refractivity contribution in [1.29, 1.82) is 5.41 Å². The van der Waals surface area contributed by atoms with E-state index in [0.29, 0.717) is 5.92 Å². The second-order valence-corrected chi connectivity index (χ2v) is 2.55. The first-order valence-corrected chi connectivity index (χ1v) is 3.42. The molecule has 0 amide bonds. The van der Waals surface area contributed by atoms with Gasteiger partial charge in [-0.2, -0.15) is 0 Å². The predicted molar refractivity (Wildman–Crippen MR) is 35.4 cm³/mol. The molecular weight excluding hydrogens is 98.1 g/mol. The molecule has 8 heavy (non-hydrogen) atoms. The Morgan fingerprint density at radius 3 is 2.62 bits per heavy atom. The minimum absolute atomic E-state index is 0.681. The molecule has 0 saturated heterocycles. The molecule has 0 aliphatic heterocycles. The second-order valence-electron chi connectivity index (χ2n) is 2.55. The van der Waals surface area contributed by atoms with E-state index in [2.05, 4.69) is 6.92 Å². The zero-order valence-corrected chi connectivity index (χ0v) is 5.41. The van der Waals surface area contributed by atoms with Crippen LogP contribution in [0.25, 0.3) is 0 Å². The molecule has 0 aromatic rings. The zero-order valence-electron chi connectivity index (χ0n) is 5.41. The van der Waals surface area contributed by atoms with Gasteiger partial charge in [-0.3, -0.25) is 0 Å². The summed E-state index contributed by atoms with van der Waals surface area (Å²) in [7, 11) is 0. The third-order valence-corrected chi connectivity index (χ3v) is 1.89. The fourth-order valence-corrected chi connectivity index (χ4v) is 1.16. The van der Waals surface area contributed by atoms with Gasteiger partial charge in [0, 0.05) is 5.71 Å². The quantitative estimate of drug-likeness (QED) is 0.565. The molecule has 46 valence electrons. The SMILES string of the molecule is CCCC1CCC1=N. The van der Waals surface area contributed by atoms with E-state index in [4.69, 9.17) is 5.41 Å². The van der Waals surface area contributed by atoms with Crippen molar-refractivity contribution in [3.8, 4) is 0 Å². The van der Waals surface area contributed by atoms with Crippen LogP contribution in [0.5, 0.6) is 0 Å². The van der Waals surface area contributed by atoms with E-state index in [1.807, 2.05) is 0 Å². The van der Waals surface area contributed by atoms with Crippen molar-refractivity contribution in [2.24, 2.45) is 5.92 Å². The Balaban J connectivity index is 2.17. The minimum Gasteiger partial charge on any atom is -0.309 e. The highest BCUT2D eigenvalue weighted by molar-refractivity contribution is 5.88. The fourth-order valence-electron chi connectivity index (χ4n) is 1.16. The van der Waals surface area contributed by atoms with Crippen LogP contribution in [-0.2, 0) is 0 Å². The summed E-state index contributed by atoms with van der Waals surface area (Å²) in [6.45, 7) is 2.19. The van der Waals surface area contributed by atoms with Gasteiger partial charge < -0.3 is 5.41 Å². The Bertz CT molecular complexity index is 96.6. The van der Waals surface area contributed by atoms with Crippen molar-refractivity contribution in [1.82, 2.24) is 0 Å². The molecule has 1 nitrogen and oxygen atoms in total. The highest BCUT2D eigenvalue weighted by Crippen LogP contribution is 2.26. The number of nitrogens with one attached hydrogen (secondary N) is 1. The molecule has 0 bridgehead atoms. The van der Waals surface area contributed by atoms with Crippen LogP contribution in [-0.4, -0.2) is 5.71 Å². The number of rotatable bonds is 2. The summed E-state index contributed by atoms with van der Waals surface area (Å²) in [6.07, 6.45) is 4.85. The van der Waals surface area contributed by atoms with Crippen molar-refractivity contribution in [3.05, 3.63) is 0 Å². The maximum atomic E-state index is 7.29. The van der Waals surface area contributed by atoms with Crippen molar-refractivity contribution in [2.45, 2.75) is 32.6 Å². The van der Waals surface area contributed by atoms with Crippen LogP contribution in [0.3, 0.4) is 0 Å². The Kier molecular flexibility index (Phi) is 1.66. The lowest BCUT2D eigenvalue weighted by molar-refractivity contribution is 0.503. The van der Waals surface area contributed by atoms with Gasteiger partial charge in [0.25, 0.3) is 0 Å². The minimum atomic E-state index is 0.681. The van der Waals surface area contributed by atoms with Gasteiger partial charge in [-0.15, -0.1) is 0 Å². The number of hydrogen-bond donors (Lipinski definition) is 1. The zero-order chi connectivity index (χ0) is 5.98. The molecule has 0 radical (unpaired) electrons. The van der Waals surface area contributed by atoms with Gasteiger partial charge in [-0.1, -0.05) is 13.3 Å². The first-order chi connectivity index (χ1) is 3.84. The first-order valence-electron chi connectivity index (χ1n) is 3.42. The summed E-state index contributed by atoms with van der Waals surface area (Å²) < 4.78 is 0. The van der Waals surface area contributed by atoms with E-state index >= 15 is 0 Å². The Labute approximate surface area is 50.6 Å². The van der Waals surface area contributed by atoms with Gasteiger partial charge in [0.05, 0.1) is 0 Å². The van der Waals surface area contributed by atoms with Gasteiger partial charge >= 0.3 is 0 Å². The third-order valence-electron chi connectivity index (χ3n) is 1.89. The average molecular weight is 111 g/mol. The summed E-state index contributed by atoms with van der Waals surface area (Å²) in [4.78, 5) is 0. The predicted octanol–water partition coefficient (Wildman–Crippen LogP) is 2.22. The molecule has 1 heteroatoms. The lowest BCUT2D eigenvalue weighted by Crippen LogP contribution is -2.24. The van der Waals surface area contributed by atoms with Gasteiger partial charge in [0.2, 0.25) is 0 Å². The van der Waals surface area contributed by atoms with Gasteiger partial charge in [0.1, 0.15) is 0 Å². The molecular formula is C7H13N. The van der Waals surface area contributed by atoms with E-state index in [0.717, 1.165) is 12.1 Å². The molecule has 1 fully saturated rings. The van der Waals surface area contributed by atoms with Crippen molar-refractivity contribution in [3.63, 3.8) is 0 Å². The van der Waals surface area contributed by atoms with Crippen molar-refractivity contribution < 1.29 is 0 Å². The van der Waals surface area contributed by atoms with Crippen LogP contribution < -0.4 is 0 Å². The second kappa shape index (κ2) is 2.29. The molecule has 0 aromatic heterocycles. The number of hydrogen-bond acceptors (Lipinski definition) is 1. The van der Waals surface area contributed by atoms with Crippen LogP contribution in [0.2, 0.25) is 0 Å². The Morgan fingerprint density at radius 1 is 1.75 bits per heavy atom. The topological polar surface area (TPSA) is 23.9 Å².